The first-order valence-corrected chi connectivity index (χ1v) is 9.69. The number of aliphatic hydroxyl groups is 1. The fourth-order valence-electron chi connectivity index (χ4n) is 3.54. The highest BCUT2D eigenvalue weighted by molar-refractivity contribution is 5.58. The van der Waals surface area contributed by atoms with Gasteiger partial charge in [0.25, 0.3) is 0 Å². The van der Waals surface area contributed by atoms with Crippen molar-refractivity contribution in [2.75, 3.05) is 58.5 Å². The number of para-hydroxylation sites is 3. The molecule has 0 spiro atoms. The van der Waals surface area contributed by atoms with Crippen LogP contribution >= 0.6 is 0 Å². The molecule has 1 heterocycles. The van der Waals surface area contributed by atoms with Gasteiger partial charge in [0.15, 0.2) is 0 Å². The summed E-state index contributed by atoms with van der Waals surface area (Å²) in [6.07, 6.45) is -0.507. The van der Waals surface area contributed by atoms with Crippen LogP contribution < -0.4 is 14.4 Å². The van der Waals surface area contributed by atoms with Crippen LogP contribution in [0.15, 0.2) is 48.5 Å². The van der Waals surface area contributed by atoms with E-state index < -0.39 is 6.10 Å². The van der Waals surface area contributed by atoms with Gasteiger partial charge in [0.05, 0.1) is 39.2 Å². The van der Waals surface area contributed by atoms with Crippen molar-refractivity contribution >= 4 is 5.69 Å². The van der Waals surface area contributed by atoms with Gasteiger partial charge in [0.2, 0.25) is 0 Å². The van der Waals surface area contributed by atoms with E-state index in [1.165, 1.54) is 0 Å². The van der Waals surface area contributed by atoms with Crippen molar-refractivity contribution < 1.29 is 19.3 Å². The minimum atomic E-state index is -0.507. The molecule has 0 aliphatic carbocycles. The van der Waals surface area contributed by atoms with Crippen molar-refractivity contribution in [3.8, 4) is 11.5 Å². The Morgan fingerprint density at radius 2 is 1.54 bits per heavy atom. The van der Waals surface area contributed by atoms with Crippen molar-refractivity contribution in [1.29, 1.82) is 0 Å². The molecule has 28 heavy (non-hydrogen) atoms. The van der Waals surface area contributed by atoms with E-state index in [0.717, 1.165) is 48.9 Å². The topological polar surface area (TPSA) is 54.4 Å². The molecule has 2 aromatic rings. The maximum absolute atomic E-state index is 10.3. The van der Waals surface area contributed by atoms with Crippen LogP contribution in [0.3, 0.4) is 0 Å². The second-order valence-electron chi connectivity index (χ2n) is 6.94. The monoisotopic (exact) mass is 386 g/mol. The van der Waals surface area contributed by atoms with Crippen LogP contribution in [0.5, 0.6) is 11.5 Å². The molecule has 0 amide bonds. The van der Waals surface area contributed by atoms with Gasteiger partial charge in [-0.2, -0.15) is 0 Å². The first kappa shape index (κ1) is 20.5. The van der Waals surface area contributed by atoms with Crippen LogP contribution in [0, 0.1) is 0 Å². The third-order valence-corrected chi connectivity index (χ3v) is 5.03. The highest BCUT2D eigenvalue weighted by atomic mass is 16.5. The first-order chi connectivity index (χ1) is 13.7. The summed E-state index contributed by atoms with van der Waals surface area (Å²) in [5, 5.41) is 10.3. The van der Waals surface area contributed by atoms with Crippen molar-refractivity contribution in [3.05, 3.63) is 54.1 Å². The maximum atomic E-state index is 10.3. The van der Waals surface area contributed by atoms with Gasteiger partial charge >= 0.3 is 0 Å². The molecule has 0 radical (unpaired) electrons. The molecular formula is C22H30N2O4. The Bertz CT molecular complexity index is 732. The van der Waals surface area contributed by atoms with Crippen LogP contribution in [-0.2, 0) is 11.3 Å². The molecule has 6 nitrogen and oxygen atoms in total. The Balaban J connectivity index is 1.41. The average molecular weight is 386 g/mol. The van der Waals surface area contributed by atoms with Gasteiger partial charge in [-0.1, -0.05) is 30.3 Å². The highest BCUT2D eigenvalue weighted by Crippen LogP contribution is 2.28. The fraction of sp³-hybridized carbons (Fsp3) is 0.455. The van der Waals surface area contributed by atoms with E-state index >= 15 is 0 Å². The van der Waals surface area contributed by atoms with Gasteiger partial charge in [0, 0.05) is 38.3 Å². The maximum Gasteiger partial charge on any atom is 0.142 e. The molecule has 0 aromatic heterocycles. The zero-order valence-corrected chi connectivity index (χ0v) is 16.7. The number of methoxy groups -OCH3 is 2. The standard InChI is InChI=1S/C22H30N2O4/c1-26-21-9-5-3-7-18(21)16-28-17-19(25)15-23-11-13-24(14-12-23)20-8-4-6-10-22(20)27-2/h3-10,19,25H,11-17H2,1-2H3. The number of rotatable bonds is 9. The molecule has 152 valence electrons. The smallest absolute Gasteiger partial charge is 0.142 e. The summed E-state index contributed by atoms with van der Waals surface area (Å²) >= 11 is 0. The Labute approximate surface area is 167 Å². The molecule has 6 heteroatoms. The Morgan fingerprint density at radius 1 is 0.893 bits per heavy atom. The number of benzene rings is 2. The summed E-state index contributed by atoms with van der Waals surface area (Å²) < 4.78 is 16.5. The zero-order chi connectivity index (χ0) is 19.8. The van der Waals surface area contributed by atoms with Crippen molar-refractivity contribution in [2.45, 2.75) is 12.7 Å². The van der Waals surface area contributed by atoms with E-state index in [9.17, 15) is 5.11 Å². The molecule has 1 aliphatic heterocycles. The van der Waals surface area contributed by atoms with E-state index in [1.54, 1.807) is 14.2 Å². The van der Waals surface area contributed by atoms with Crippen LogP contribution in [-0.4, -0.2) is 69.7 Å². The lowest BCUT2D eigenvalue weighted by molar-refractivity contribution is 0.00865. The molecule has 1 atom stereocenters. The Kier molecular flexibility index (Phi) is 7.54. The number of hydrogen-bond donors (Lipinski definition) is 1. The first-order valence-electron chi connectivity index (χ1n) is 9.69. The quantitative estimate of drug-likeness (QED) is 0.714. The summed E-state index contributed by atoms with van der Waals surface area (Å²) in [6.45, 7) is 4.99. The second kappa shape index (κ2) is 10.3. The Morgan fingerprint density at radius 3 is 2.25 bits per heavy atom. The van der Waals surface area contributed by atoms with Gasteiger partial charge in [-0.05, 0) is 18.2 Å². The van der Waals surface area contributed by atoms with Crippen molar-refractivity contribution in [1.82, 2.24) is 4.90 Å². The number of ether oxygens (including phenoxy) is 3. The van der Waals surface area contributed by atoms with Crippen LogP contribution in [0.4, 0.5) is 5.69 Å². The summed E-state index contributed by atoms with van der Waals surface area (Å²) in [5.74, 6) is 1.71. The summed E-state index contributed by atoms with van der Waals surface area (Å²) in [4.78, 5) is 4.61. The average Bonchev–Trinajstić information content (AvgIpc) is 2.74. The van der Waals surface area contributed by atoms with Gasteiger partial charge in [-0.3, -0.25) is 4.90 Å². The van der Waals surface area contributed by atoms with Crippen LogP contribution in [0.1, 0.15) is 5.56 Å². The SMILES string of the molecule is COc1ccccc1COCC(O)CN1CCN(c2ccccc2OC)CC1. The Hall–Kier alpha value is -2.28. The lowest BCUT2D eigenvalue weighted by Gasteiger charge is -2.37. The lowest BCUT2D eigenvalue weighted by Crippen LogP contribution is -2.49. The number of nitrogens with zero attached hydrogens (tertiary/aromatic N) is 2. The van der Waals surface area contributed by atoms with E-state index in [-0.39, 0.29) is 0 Å². The molecule has 0 saturated carbocycles. The van der Waals surface area contributed by atoms with E-state index in [0.29, 0.717) is 19.8 Å². The third-order valence-electron chi connectivity index (χ3n) is 5.03. The predicted octanol–water partition coefficient (Wildman–Crippen LogP) is 2.40. The number of β-amino-alcohol motifs (C(OH)–C–C–N with tert-alkyl or cyclic N) is 1. The lowest BCUT2D eigenvalue weighted by atomic mass is 10.2. The largest absolute Gasteiger partial charge is 0.496 e. The van der Waals surface area contributed by atoms with E-state index in [4.69, 9.17) is 14.2 Å². The minimum absolute atomic E-state index is 0.310. The molecule has 0 bridgehead atoms. The van der Waals surface area contributed by atoms with E-state index in [2.05, 4.69) is 15.9 Å². The van der Waals surface area contributed by atoms with Crippen LogP contribution in [0.2, 0.25) is 0 Å². The molecule has 1 saturated heterocycles. The molecular weight excluding hydrogens is 356 g/mol. The molecule has 1 unspecified atom stereocenters. The second-order valence-corrected chi connectivity index (χ2v) is 6.94. The third kappa shape index (κ3) is 5.38. The number of hydrogen-bond acceptors (Lipinski definition) is 6. The number of aliphatic hydroxyl groups excluding tert-OH is 1. The van der Waals surface area contributed by atoms with Crippen molar-refractivity contribution in [3.63, 3.8) is 0 Å². The molecule has 1 aliphatic rings. The number of anilines is 1. The minimum Gasteiger partial charge on any atom is -0.496 e. The predicted molar refractivity (Wildman–Crippen MR) is 110 cm³/mol. The van der Waals surface area contributed by atoms with Crippen LogP contribution in [0.25, 0.3) is 0 Å². The molecule has 2 aromatic carbocycles. The van der Waals surface area contributed by atoms with Gasteiger partial charge in [-0.15, -0.1) is 0 Å². The summed E-state index contributed by atoms with van der Waals surface area (Å²) in [5.41, 5.74) is 2.12. The molecule has 1 N–H and O–H groups in total. The molecule has 1 fully saturated rings. The van der Waals surface area contributed by atoms with Gasteiger partial charge in [0.1, 0.15) is 11.5 Å². The highest BCUT2D eigenvalue weighted by Gasteiger charge is 2.21. The summed E-state index contributed by atoms with van der Waals surface area (Å²) in [7, 11) is 3.36. The molecule has 3 rings (SSSR count). The number of piperazine rings is 1. The van der Waals surface area contributed by atoms with Crippen molar-refractivity contribution in [2.24, 2.45) is 0 Å². The zero-order valence-electron chi connectivity index (χ0n) is 16.7. The van der Waals surface area contributed by atoms with Gasteiger partial charge in [-0.25, -0.2) is 0 Å². The van der Waals surface area contributed by atoms with Gasteiger partial charge < -0.3 is 24.2 Å². The fourth-order valence-corrected chi connectivity index (χ4v) is 3.54. The van der Waals surface area contributed by atoms with E-state index in [1.807, 2.05) is 42.5 Å². The summed E-state index contributed by atoms with van der Waals surface area (Å²) in [6, 6.07) is 15.9. The normalized spacial score (nSPS) is 16.0.